The van der Waals surface area contributed by atoms with Crippen molar-refractivity contribution < 1.29 is 17.9 Å². The van der Waals surface area contributed by atoms with Gasteiger partial charge in [-0.3, -0.25) is 4.79 Å². The van der Waals surface area contributed by atoms with Crippen LogP contribution in [0.4, 0.5) is 5.69 Å². The van der Waals surface area contributed by atoms with E-state index in [1.165, 1.54) is 11.8 Å². The van der Waals surface area contributed by atoms with Crippen molar-refractivity contribution in [2.75, 3.05) is 16.4 Å². The number of hydrogen-bond donors (Lipinski definition) is 0. The van der Waals surface area contributed by atoms with E-state index in [1.807, 2.05) is 73.3 Å². The zero-order valence-corrected chi connectivity index (χ0v) is 18.5. The van der Waals surface area contributed by atoms with E-state index in [2.05, 4.69) is 4.99 Å². The number of aliphatic imine (C=N–C) groups is 1. The molecule has 158 valence electrons. The molecule has 6 nitrogen and oxygen atoms in total. The minimum Gasteiger partial charge on any atom is -0.457 e. The van der Waals surface area contributed by atoms with Crippen molar-refractivity contribution in [2.24, 2.45) is 10.9 Å². The van der Waals surface area contributed by atoms with Crippen molar-refractivity contribution in [2.45, 2.75) is 31.6 Å². The van der Waals surface area contributed by atoms with Gasteiger partial charge in [0, 0.05) is 16.9 Å². The first-order valence-corrected chi connectivity index (χ1v) is 12.7. The molecule has 0 aromatic heterocycles. The smallest absolute Gasteiger partial charge is 0.250 e. The van der Waals surface area contributed by atoms with Gasteiger partial charge in [-0.2, -0.15) is 4.99 Å². The molecular weight excluding hydrogens is 420 g/mol. The third-order valence-corrected chi connectivity index (χ3v) is 8.61. The molecule has 2 aromatic carbocycles. The lowest BCUT2D eigenvalue weighted by Gasteiger charge is -2.25. The Kier molecular flexibility index (Phi) is 5.88. The maximum Gasteiger partial charge on any atom is 0.250 e. The topological polar surface area (TPSA) is 76.0 Å². The Morgan fingerprint density at radius 2 is 1.80 bits per heavy atom. The molecule has 0 aliphatic carbocycles. The molecule has 2 aliphatic heterocycles. The number of fused-ring (bicyclic) bond motifs is 1. The van der Waals surface area contributed by atoms with Gasteiger partial charge in [-0.25, -0.2) is 8.42 Å². The van der Waals surface area contributed by atoms with Crippen molar-refractivity contribution >= 4 is 38.4 Å². The van der Waals surface area contributed by atoms with Crippen LogP contribution < -0.4 is 9.64 Å². The van der Waals surface area contributed by atoms with E-state index in [0.29, 0.717) is 17.3 Å². The molecule has 3 unspecified atom stereocenters. The molecule has 8 heteroatoms. The zero-order valence-electron chi connectivity index (χ0n) is 16.9. The van der Waals surface area contributed by atoms with Gasteiger partial charge < -0.3 is 9.64 Å². The van der Waals surface area contributed by atoms with Crippen LogP contribution in [0.3, 0.4) is 0 Å². The highest BCUT2D eigenvalue weighted by Crippen LogP contribution is 2.41. The van der Waals surface area contributed by atoms with Gasteiger partial charge >= 0.3 is 0 Å². The number of nitrogens with zero attached hydrogens (tertiary/aromatic N) is 2. The first kappa shape index (κ1) is 20.9. The normalized spacial score (nSPS) is 24.6. The number of benzene rings is 2. The number of thioether (sulfide) groups is 1. The van der Waals surface area contributed by atoms with E-state index in [0.717, 1.165) is 11.4 Å². The summed E-state index contributed by atoms with van der Waals surface area (Å²) in [5, 5.41) is 0.473. The number of amides is 1. The van der Waals surface area contributed by atoms with E-state index in [-0.39, 0.29) is 34.6 Å². The van der Waals surface area contributed by atoms with E-state index in [1.54, 1.807) is 0 Å². The van der Waals surface area contributed by atoms with Crippen molar-refractivity contribution in [3.8, 4) is 11.5 Å². The average Bonchev–Trinajstić information content (AvgIpc) is 3.19. The van der Waals surface area contributed by atoms with Crippen LogP contribution >= 0.6 is 11.8 Å². The molecule has 1 amide bonds. The Balaban J connectivity index is 1.62. The Morgan fingerprint density at radius 1 is 1.13 bits per heavy atom. The fourth-order valence-electron chi connectivity index (χ4n) is 3.54. The van der Waals surface area contributed by atoms with Crippen LogP contribution in [-0.2, 0) is 14.6 Å². The standard InChI is InChI=1S/C22H24N2O4S2/c1-3-15(2)21(25)23-22-24(19-13-30(26,27)14-20(19)29-22)16-9-11-18(12-10-16)28-17-7-5-4-6-8-17/h4-12,15,19-20H,3,13-14H2,1-2H3. The number of ether oxygens (including phenoxy) is 1. The molecule has 2 heterocycles. The average molecular weight is 445 g/mol. The highest BCUT2D eigenvalue weighted by Gasteiger charge is 2.49. The Labute approximate surface area is 181 Å². The number of sulfone groups is 1. The van der Waals surface area contributed by atoms with Crippen LogP contribution in [0.5, 0.6) is 11.5 Å². The highest BCUT2D eigenvalue weighted by atomic mass is 32.2. The summed E-state index contributed by atoms with van der Waals surface area (Å²) in [7, 11) is -3.10. The second-order valence-corrected chi connectivity index (χ2v) is 11.0. The van der Waals surface area contributed by atoms with Gasteiger partial charge in [0.25, 0.3) is 5.91 Å². The van der Waals surface area contributed by atoms with Crippen molar-refractivity contribution in [3.63, 3.8) is 0 Å². The zero-order chi connectivity index (χ0) is 21.3. The van der Waals surface area contributed by atoms with Crippen molar-refractivity contribution in [3.05, 3.63) is 54.6 Å². The molecule has 2 saturated heterocycles. The van der Waals surface area contributed by atoms with Crippen molar-refractivity contribution in [1.82, 2.24) is 0 Å². The molecule has 30 heavy (non-hydrogen) atoms. The summed E-state index contributed by atoms with van der Waals surface area (Å²) in [6.07, 6.45) is 0.715. The molecule has 0 saturated carbocycles. The van der Waals surface area contributed by atoms with Gasteiger partial charge in [0.15, 0.2) is 15.0 Å². The van der Waals surface area contributed by atoms with Gasteiger partial charge in [-0.15, -0.1) is 0 Å². The van der Waals surface area contributed by atoms with E-state index >= 15 is 0 Å². The molecule has 2 aromatic rings. The van der Waals surface area contributed by atoms with Crippen LogP contribution in [0.2, 0.25) is 0 Å². The summed E-state index contributed by atoms with van der Waals surface area (Å²) < 4.78 is 30.2. The maximum absolute atomic E-state index is 12.4. The molecule has 0 N–H and O–H groups in total. The molecule has 4 rings (SSSR count). The minimum absolute atomic E-state index is 0.0729. The second kappa shape index (κ2) is 8.43. The second-order valence-electron chi connectivity index (χ2n) is 7.62. The predicted molar refractivity (Wildman–Crippen MR) is 121 cm³/mol. The lowest BCUT2D eigenvalue weighted by atomic mass is 10.1. The first-order chi connectivity index (χ1) is 14.4. The van der Waals surface area contributed by atoms with Crippen molar-refractivity contribution in [1.29, 1.82) is 0 Å². The van der Waals surface area contributed by atoms with Crippen LogP contribution in [0.1, 0.15) is 20.3 Å². The van der Waals surface area contributed by atoms with Gasteiger partial charge in [0.05, 0.1) is 17.5 Å². The molecule has 2 aliphatic rings. The van der Waals surface area contributed by atoms with Crippen LogP contribution in [-0.4, -0.2) is 42.3 Å². The van der Waals surface area contributed by atoms with Crippen LogP contribution in [0.15, 0.2) is 59.6 Å². The largest absolute Gasteiger partial charge is 0.457 e. The molecule has 0 radical (unpaired) electrons. The predicted octanol–water partition coefficient (Wildman–Crippen LogP) is 4.13. The number of para-hydroxylation sites is 1. The fourth-order valence-corrected chi connectivity index (χ4v) is 7.46. The van der Waals surface area contributed by atoms with E-state index in [9.17, 15) is 13.2 Å². The van der Waals surface area contributed by atoms with Gasteiger partial charge in [0.1, 0.15) is 11.5 Å². The summed E-state index contributed by atoms with van der Waals surface area (Å²) in [5.74, 6) is 1.28. The molecule has 0 bridgehead atoms. The molecular formula is C22H24N2O4S2. The Bertz CT molecular complexity index is 1050. The summed E-state index contributed by atoms with van der Waals surface area (Å²) in [4.78, 5) is 18.7. The first-order valence-electron chi connectivity index (χ1n) is 9.98. The third-order valence-electron chi connectivity index (χ3n) is 5.40. The van der Waals surface area contributed by atoms with Crippen LogP contribution in [0.25, 0.3) is 0 Å². The molecule has 0 spiro atoms. The Hall–Kier alpha value is -2.32. The lowest BCUT2D eigenvalue weighted by molar-refractivity contribution is -0.121. The summed E-state index contributed by atoms with van der Waals surface area (Å²) in [5.41, 5.74) is 0.809. The molecule has 3 atom stereocenters. The van der Waals surface area contributed by atoms with Gasteiger partial charge in [-0.1, -0.05) is 43.8 Å². The maximum atomic E-state index is 12.4. The number of carbonyl (C=O) groups excluding carboxylic acids is 1. The van der Waals surface area contributed by atoms with Gasteiger partial charge in [0.2, 0.25) is 0 Å². The summed E-state index contributed by atoms with van der Waals surface area (Å²) in [6, 6.07) is 16.7. The Morgan fingerprint density at radius 3 is 2.47 bits per heavy atom. The summed E-state index contributed by atoms with van der Waals surface area (Å²) in [6.45, 7) is 3.81. The van der Waals surface area contributed by atoms with E-state index in [4.69, 9.17) is 4.74 Å². The highest BCUT2D eigenvalue weighted by molar-refractivity contribution is 8.16. The third kappa shape index (κ3) is 4.39. The number of amidine groups is 1. The number of rotatable bonds is 5. The lowest BCUT2D eigenvalue weighted by Crippen LogP contribution is -2.37. The SMILES string of the molecule is CCC(C)C(=O)N=C1SC2CS(=O)(=O)CC2N1c1ccc(Oc2ccccc2)cc1. The molecule has 2 fully saturated rings. The number of anilines is 1. The monoisotopic (exact) mass is 444 g/mol. The van der Waals surface area contributed by atoms with Crippen LogP contribution in [0, 0.1) is 5.92 Å². The fraction of sp³-hybridized carbons (Fsp3) is 0.364. The van der Waals surface area contributed by atoms with E-state index < -0.39 is 9.84 Å². The number of hydrogen-bond acceptors (Lipinski definition) is 5. The minimum atomic E-state index is -3.10. The van der Waals surface area contributed by atoms with Gasteiger partial charge in [-0.05, 0) is 42.8 Å². The quantitative estimate of drug-likeness (QED) is 0.690. The summed E-state index contributed by atoms with van der Waals surface area (Å²) >= 11 is 1.39. The number of carbonyl (C=O) groups is 1.